The molecular formula is C18H26N2O3. The number of carboxylic acids is 1. The first-order valence-corrected chi connectivity index (χ1v) is 8.49. The maximum atomic E-state index is 12.1. The average molecular weight is 318 g/mol. The van der Waals surface area contributed by atoms with Crippen molar-refractivity contribution in [2.45, 2.75) is 63.5 Å². The smallest absolute Gasteiger partial charge is 0.326 e. The molecule has 0 unspecified atom stereocenters. The minimum absolute atomic E-state index is 0.154. The fourth-order valence-corrected chi connectivity index (χ4v) is 3.04. The molecule has 2 rings (SSSR count). The van der Waals surface area contributed by atoms with Gasteiger partial charge in [-0.05, 0) is 18.4 Å². The molecular weight excluding hydrogens is 292 g/mol. The normalized spacial score (nSPS) is 17.6. The molecule has 0 bridgehead atoms. The van der Waals surface area contributed by atoms with Crippen LogP contribution in [0, 0.1) is 0 Å². The summed E-state index contributed by atoms with van der Waals surface area (Å²) >= 11 is 0. The fraction of sp³-hybridized carbons (Fsp3) is 0.556. The predicted molar refractivity (Wildman–Crippen MR) is 89.3 cm³/mol. The lowest BCUT2D eigenvalue weighted by atomic mass is 9.97. The van der Waals surface area contributed by atoms with Crippen LogP contribution in [0.2, 0.25) is 0 Å². The van der Waals surface area contributed by atoms with Gasteiger partial charge in [0, 0.05) is 12.5 Å². The number of carbonyl (C=O) groups excluding carboxylic acids is 1. The van der Waals surface area contributed by atoms with Crippen molar-refractivity contribution >= 4 is 12.0 Å². The molecule has 1 atom stereocenters. The Hall–Kier alpha value is -2.04. The third kappa shape index (κ3) is 6.30. The lowest BCUT2D eigenvalue weighted by molar-refractivity contribution is -0.139. The van der Waals surface area contributed by atoms with Crippen LogP contribution in [0.4, 0.5) is 4.79 Å². The molecule has 1 aromatic carbocycles. The molecule has 2 amide bonds. The van der Waals surface area contributed by atoms with E-state index in [-0.39, 0.29) is 18.5 Å². The number of nitrogens with one attached hydrogen (secondary N) is 2. The van der Waals surface area contributed by atoms with Crippen LogP contribution < -0.4 is 10.6 Å². The van der Waals surface area contributed by atoms with E-state index in [0.717, 1.165) is 31.2 Å². The average Bonchev–Trinajstić information content (AvgIpc) is 2.50. The minimum Gasteiger partial charge on any atom is -0.480 e. The third-order valence-electron chi connectivity index (χ3n) is 4.33. The molecule has 1 fully saturated rings. The van der Waals surface area contributed by atoms with Crippen molar-refractivity contribution in [2.75, 3.05) is 0 Å². The number of hydrogen-bond donors (Lipinski definition) is 3. The summed E-state index contributed by atoms with van der Waals surface area (Å²) in [5.74, 6) is -1.01. The molecule has 1 aromatic rings. The van der Waals surface area contributed by atoms with E-state index in [0.29, 0.717) is 0 Å². The molecule has 23 heavy (non-hydrogen) atoms. The van der Waals surface area contributed by atoms with E-state index in [1.165, 1.54) is 19.3 Å². The van der Waals surface area contributed by atoms with Gasteiger partial charge in [0.2, 0.25) is 0 Å². The lowest BCUT2D eigenvalue weighted by Crippen LogP contribution is -2.50. The first kappa shape index (κ1) is 17.3. The number of carbonyl (C=O) groups is 2. The SMILES string of the molecule is O=C(NC1CCCCCCC1)N[C@H](Cc1ccccc1)C(=O)O. The van der Waals surface area contributed by atoms with Crippen LogP contribution in [0.5, 0.6) is 0 Å². The van der Waals surface area contributed by atoms with Gasteiger partial charge in [-0.15, -0.1) is 0 Å². The minimum atomic E-state index is -1.01. The largest absolute Gasteiger partial charge is 0.480 e. The molecule has 1 saturated carbocycles. The van der Waals surface area contributed by atoms with Crippen LogP contribution in [-0.2, 0) is 11.2 Å². The number of carboxylic acid groups (broad SMARTS) is 1. The zero-order valence-electron chi connectivity index (χ0n) is 13.5. The summed E-state index contributed by atoms with van der Waals surface area (Å²) in [6, 6.07) is 8.21. The van der Waals surface area contributed by atoms with Gasteiger partial charge >= 0.3 is 12.0 Å². The van der Waals surface area contributed by atoms with E-state index < -0.39 is 12.0 Å². The van der Waals surface area contributed by atoms with Gasteiger partial charge in [0.05, 0.1) is 0 Å². The molecule has 0 spiro atoms. The monoisotopic (exact) mass is 318 g/mol. The Bertz CT molecular complexity index is 496. The highest BCUT2D eigenvalue weighted by atomic mass is 16.4. The Morgan fingerprint density at radius 3 is 2.26 bits per heavy atom. The van der Waals surface area contributed by atoms with Crippen molar-refractivity contribution < 1.29 is 14.7 Å². The Morgan fingerprint density at radius 1 is 1.04 bits per heavy atom. The van der Waals surface area contributed by atoms with E-state index in [9.17, 15) is 14.7 Å². The van der Waals surface area contributed by atoms with E-state index >= 15 is 0 Å². The standard InChI is InChI=1S/C18H26N2O3/c21-17(22)16(13-14-9-5-4-6-10-14)20-18(23)19-15-11-7-2-1-3-8-12-15/h4-6,9-10,15-16H,1-3,7-8,11-13H2,(H,21,22)(H2,19,20,23)/t16-/m1/s1. The summed E-state index contributed by atoms with van der Waals surface area (Å²) in [7, 11) is 0. The van der Waals surface area contributed by atoms with Gasteiger partial charge in [-0.3, -0.25) is 0 Å². The first-order chi connectivity index (χ1) is 11.1. The Labute approximate surface area is 137 Å². The summed E-state index contributed by atoms with van der Waals surface area (Å²) in [6.45, 7) is 0. The molecule has 0 aromatic heterocycles. The number of amides is 2. The second kappa shape index (κ2) is 9.18. The molecule has 0 radical (unpaired) electrons. The fourth-order valence-electron chi connectivity index (χ4n) is 3.04. The van der Waals surface area contributed by atoms with Gasteiger partial charge in [0.1, 0.15) is 6.04 Å². The van der Waals surface area contributed by atoms with Crippen molar-refractivity contribution in [3.05, 3.63) is 35.9 Å². The molecule has 0 aliphatic heterocycles. The van der Waals surface area contributed by atoms with Crippen LogP contribution in [0.25, 0.3) is 0 Å². The predicted octanol–water partition coefficient (Wildman–Crippen LogP) is 3.09. The van der Waals surface area contributed by atoms with Crippen molar-refractivity contribution in [1.82, 2.24) is 10.6 Å². The lowest BCUT2D eigenvalue weighted by Gasteiger charge is -2.22. The first-order valence-electron chi connectivity index (χ1n) is 8.49. The molecule has 1 aliphatic rings. The van der Waals surface area contributed by atoms with Crippen LogP contribution in [0.1, 0.15) is 50.5 Å². The van der Waals surface area contributed by atoms with Gasteiger partial charge in [0.15, 0.2) is 0 Å². The summed E-state index contributed by atoms with van der Waals surface area (Å²) in [5, 5.41) is 14.9. The van der Waals surface area contributed by atoms with E-state index in [1.54, 1.807) is 0 Å². The van der Waals surface area contributed by atoms with Gasteiger partial charge in [0.25, 0.3) is 0 Å². The van der Waals surface area contributed by atoms with Crippen molar-refractivity contribution in [3.8, 4) is 0 Å². The van der Waals surface area contributed by atoms with Crippen LogP contribution in [0.15, 0.2) is 30.3 Å². The van der Waals surface area contributed by atoms with E-state index in [4.69, 9.17) is 0 Å². The quantitative estimate of drug-likeness (QED) is 0.780. The molecule has 5 nitrogen and oxygen atoms in total. The van der Waals surface area contributed by atoms with Crippen LogP contribution in [0.3, 0.4) is 0 Å². The van der Waals surface area contributed by atoms with Gasteiger partial charge < -0.3 is 15.7 Å². The molecule has 1 aliphatic carbocycles. The van der Waals surface area contributed by atoms with Crippen molar-refractivity contribution in [1.29, 1.82) is 0 Å². The number of hydrogen-bond acceptors (Lipinski definition) is 2. The second-order valence-electron chi connectivity index (χ2n) is 6.24. The Balaban J connectivity index is 1.86. The number of urea groups is 1. The highest BCUT2D eigenvalue weighted by molar-refractivity contribution is 5.82. The van der Waals surface area contributed by atoms with Gasteiger partial charge in [-0.1, -0.05) is 62.4 Å². The number of aliphatic carboxylic acids is 1. The summed E-state index contributed by atoms with van der Waals surface area (Å²) < 4.78 is 0. The topological polar surface area (TPSA) is 78.4 Å². The molecule has 126 valence electrons. The number of benzene rings is 1. The van der Waals surface area contributed by atoms with Crippen molar-refractivity contribution in [3.63, 3.8) is 0 Å². The Kier molecular flexibility index (Phi) is 6.91. The highest BCUT2D eigenvalue weighted by Gasteiger charge is 2.22. The zero-order chi connectivity index (χ0) is 16.5. The second-order valence-corrected chi connectivity index (χ2v) is 6.24. The molecule has 0 heterocycles. The van der Waals surface area contributed by atoms with Gasteiger partial charge in [-0.25, -0.2) is 9.59 Å². The summed E-state index contributed by atoms with van der Waals surface area (Å²) in [6.07, 6.45) is 8.19. The molecule has 3 N–H and O–H groups in total. The summed E-state index contributed by atoms with van der Waals surface area (Å²) in [5.41, 5.74) is 0.895. The van der Waals surface area contributed by atoms with Gasteiger partial charge in [-0.2, -0.15) is 0 Å². The molecule has 5 heteroatoms. The van der Waals surface area contributed by atoms with Crippen molar-refractivity contribution in [2.24, 2.45) is 0 Å². The zero-order valence-corrected chi connectivity index (χ0v) is 13.5. The maximum Gasteiger partial charge on any atom is 0.326 e. The third-order valence-corrected chi connectivity index (χ3v) is 4.33. The Morgan fingerprint density at radius 2 is 1.65 bits per heavy atom. The maximum absolute atomic E-state index is 12.1. The highest BCUT2D eigenvalue weighted by Crippen LogP contribution is 2.17. The van der Waals surface area contributed by atoms with Crippen LogP contribution >= 0.6 is 0 Å². The molecule has 0 saturated heterocycles. The van der Waals surface area contributed by atoms with E-state index in [2.05, 4.69) is 10.6 Å². The summed E-state index contributed by atoms with van der Waals surface area (Å²) in [4.78, 5) is 23.5. The van der Waals surface area contributed by atoms with Crippen LogP contribution in [-0.4, -0.2) is 29.2 Å². The van der Waals surface area contributed by atoms with E-state index in [1.807, 2.05) is 30.3 Å². The number of rotatable bonds is 5.